The van der Waals surface area contributed by atoms with E-state index in [2.05, 4.69) is 0 Å². The molecule has 0 aliphatic carbocycles. The maximum atomic E-state index is 7.17. The van der Waals surface area contributed by atoms with Crippen molar-refractivity contribution in [3.05, 3.63) is 40.9 Å². The van der Waals surface area contributed by atoms with Crippen molar-refractivity contribution in [2.75, 3.05) is 0 Å². The van der Waals surface area contributed by atoms with E-state index >= 15 is 0 Å². The van der Waals surface area contributed by atoms with Gasteiger partial charge in [-0.15, -0.1) is 0 Å². The second-order valence-electron chi connectivity index (χ2n) is 2.57. The molecule has 0 heterocycles. The molecule has 0 saturated heterocycles. The van der Waals surface area contributed by atoms with Gasteiger partial charge in [-0.1, -0.05) is 29.8 Å². The summed E-state index contributed by atoms with van der Waals surface area (Å²) in [6, 6.07) is 7.50. The van der Waals surface area contributed by atoms with Crippen LogP contribution in [0, 0.1) is 5.41 Å². The number of hydrogen-bond donors (Lipinski definition) is 1. The van der Waals surface area contributed by atoms with E-state index in [4.69, 9.17) is 17.0 Å². The van der Waals surface area contributed by atoms with E-state index in [0.29, 0.717) is 5.71 Å². The van der Waals surface area contributed by atoms with Crippen LogP contribution in [0.25, 0.3) is 6.08 Å². The summed E-state index contributed by atoms with van der Waals surface area (Å²) in [6.07, 6.45) is 3.64. The Morgan fingerprint density at radius 2 is 1.92 bits per heavy atom. The standard InChI is InChI=1S/C10H10ClN/c1-8(12)2-3-9-4-6-10(11)7-5-9/h2-7,12H,1H3/b3-2+,12-8?. The van der Waals surface area contributed by atoms with Crippen LogP contribution < -0.4 is 0 Å². The molecule has 0 bridgehead atoms. The summed E-state index contributed by atoms with van der Waals surface area (Å²) < 4.78 is 0. The van der Waals surface area contributed by atoms with Crippen molar-refractivity contribution in [1.82, 2.24) is 0 Å². The predicted molar refractivity (Wildman–Crippen MR) is 53.9 cm³/mol. The maximum Gasteiger partial charge on any atom is 0.0406 e. The average molecular weight is 180 g/mol. The fraction of sp³-hybridized carbons (Fsp3) is 0.100. The van der Waals surface area contributed by atoms with E-state index in [1.165, 1.54) is 0 Å². The highest BCUT2D eigenvalue weighted by molar-refractivity contribution is 6.30. The van der Waals surface area contributed by atoms with E-state index < -0.39 is 0 Å². The first-order valence-electron chi connectivity index (χ1n) is 3.67. The van der Waals surface area contributed by atoms with Crippen LogP contribution in [0.2, 0.25) is 5.02 Å². The molecule has 62 valence electrons. The number of hydrogen-bond acceptors (Lipinski definition) is 1. The van der Waals surface area contributed by atoms with Gasteiger partial charge >= 0.3 is 0 Å². The highest BCUT2D eigenvalue weighted by atomic mass is 35.5. The van der Waals surface area contributed by atoms with E-state index in [-0.39, 0.29) is 0 Å². The van der Waals surface area contributed by atoms with Gasteiger partial charge < -0.3 is 5.41 Å². The van der Waals surface area contributed by atoms with Crippen molar-refractivity contribution in [2.24, 2.45) is 0 Å². The van der Waals surface area contributed by atoms with Crippen molar-refractivity contribution in [3.8, 4) is 0 Å². The Labute approximate surface area is 77.2 Å². The molecule has 1 aromatic rings. The van der Waals surface area contributed by atoms with E-state index in [0.717, 1.165) is 10.6 Å². The third-order valence-electron chi connectivity index (χ3n) is 1.40. The van der Waals surface area contributed by atoms with Crippen LogP contribution >= 0.6 is 11.6 Å². The number of allylic oxidation sites excluding steroid dienone is 1. The fourth-order valence-electron chi connectivity index (χ4n) is 0.795. The van der Waals surface area contributed by atoms with Crippen LogP contribution in [0.5, 0.6) is 0 Å². The zero-order valence-electron chi connectivity index (χ0n) is 6.84. The van der Waals surface area contributed by atoms with E-state index in [1.54, 1.807) is 13.0 Å². The van der Waals surface area contributed by atoms with Crippen molar-refractivity contribution < 1.29 is 0 Å². The molecule has 0 aliphatic rings. The quantitative estimate of drug-likeness (QED) is 0.673. The molecule has 12 heavy (non-hydrogen) atoms. The number of benzene rings is 1. The Morgan fingerprint density at radius 3 is 2.42 bits per heavy atom. The maximum absolute atomic E-state index is 7.17. The normalized spacial score (nSPS) is 10.5. The van der Waals surface area contributed by atoms with Crippen molar-refractivity contribution in [3.63, 3.8) is 0 Å². The first-order chi connectivity index (χ1) is 5.68. The SMILES string of the molecule is CC(=N)/C=C/c1ccc(Cl)cc1. The summed E-state index contributed by atoms with van der Waals surface area (Å²) in [5, 5.41) is 7.91. The molecular formula is C10H10ClN. The highest BCUT2D eigenvalue weighted by Gasteiger charge is 1.86. The third-order valence-corrected chi connectivity index (χ3v) is 1.65. The molecule has 0 aromatic heterocycles. The van der Waals surface area contributed by atoms with Crippen LogP contribution in [0.4, 0.5) is 0 Å². The minimum absolute atomic E-state index is 0.546. The molecule has 0 radical (unpaired) electrons. The molecule has 0 aliphatic heterocycles. The monoisotopic (exact) mass is 179 g/mol. The molecule has 2 heteroatoms. The molecule has 0 spiro atoms. The number of halogens is 1. The molecule has 1 N–H and O–H groups in total. The van der Waals surface area contributed by atoms with Crippen LogP contribution in [0.3, 0.4) is 0 Å². The van der Waals surface area contributed by atoms with Crippen LogP contribution in [0.15, 0.2) is 30.3 Å². The van der Waals surface area contributed by atoms with Crippen LogP contribution in [0.1, 0.15) is 12.5 Å². The average Bonchev–Trinajstić information content (AvgIpc) is 2.03. The second-order valence-corrected chi connectivity index (χ2v) is 3.00. The summed E-state index contributed by atoms with van der Waals surface area (Å²) in [6.45, 7) is 1.74. The van der Waals surface area contributed by atoms with Gasteiger partial charge in [-0.2, -0.15) is 0 Å². The molecule has 0 atom stereocenters. The number of nitrogens with one attached hydrogen (secondary N) is 1. The molecule has 0 saturated carbocycles. The largest absolute Gasteiger partial charge is 0.306 e. The Morgan fingerprint density at radius 1 is 1.33 bits per heavy atom. The van der Waals surface area contributed by atoms with Gasteiger partial charge in [0, 0.05) is 10.7 Å². The topological polar surface area (TPSA) is 23.9 Å². The first kappa shape index (κ1) is 9.01. The number of rotatable bonds is 2. The predicted octanol–water partition coefficient (Wildman–Crippen LogP) is 3.39. The van der Waals surface area contributed by atoms with Gasteiger partial charge in [0.25, 0.3) is 0 Å². The highest BCUT2D eigenvalue weighted by Crippen LogP contribution is 2.10. The molecule has 0 fully saturated rings. The second kappa shape index (κ2) is 4.07. The lowest BCUT2D eigenvalue weighted by molar-refractivity contribution is 1.50. The third kappa shape index (κ3) is 2.89. The molecular weight excluding hydrogens is 170 g/mol. The zero-order chi connectivity index (χ0) is 8.97. The lowest BCUT2D eigenvalue weighted by Gasteiger charge is -1.92. The Hall–Kier alpha value is -1.08. The van der Waals surface area contributed by atoms with E-state index in [1.807, 2.05) is 30.3 Å². The van der Waals surface area contributed by atoms with Crippen molar-refractivity contribution in [1.29, 1.82) is 5.41 Å². The molecule has 1 rings (SSSR count). The summed E-state index contributed by atoms with van der Waals surface area (Å²) in [5.41, 5.74) is 1.61. The fourth-order valence-corrected chi connectivity index (χ4v) is 0.921. The lowest BCUT2D eigenvalue weighted by Crippen LogP contribution is -1.78. The minimum Gasteiger partial charge on any atom is -0.306 e. The van der Waals surface area contributed by atoms with Gasteiger partial charge in [0.2, 0.25) is 0 Å². The van der Waals surface area contributed by atoms with Crippen molar-refractivity contribution in [2.45, 2.75) is 6.92 Å². The summed E-state index contributed by atoms with van der Waals surface area (Å²) in [5.74, 6) is 0. The van der Waals surface area contributed by atoms with Crippen LogP contribution in [-0.2, 0) is 0 Å². The molecule has 0 amide bonds. The molecule has 1 nitrogen and oxygen atoms in total. The van der Waals surface area contributed by atoms with Crippen LogP contribution in [-0.4, -0.2) is 5.71 Å². The van der Waals surface area contributed by atoms with Gasteiger partial charge in [-0.05, 0) is 30.7 Å². The Kier molecular flexibility index (Phi) is 3.06. The Balaban J connectivity index is 2.77. The zero-order valence-corrected chi connectivity index (χ0v) is 7.60. The van der Waals surface area contributed by atoms with Gasteiger partial charge in [-0.25, -0.2) is 0 Å². The summed E-state index contributed by atoms with van der Waals surface area (Å²) in [4.78, 5) is 0. The van der Waals surface area contributed by atoms with Gasteiger partial charge in [0.05, 0.1) is 0 Å². The van der Waals surface area contributed by atoms with Gasteiger partial charge in [-0.3, -0.25) is 0 Å². The molecule has 0 unspecified atom stereocenters. The van der Waals surface area contributed by atoms with Crippen molar-refractivity contribution >= 4 is 23.4 Å². The lowest BCUT2D eigenvalue weighted by atomic mass is 10.2. The summed E-state index contributed by atoms with van der Waals surface area (Å²) in [7, 11) is 0. The summed E-state index contributed by atoms with van der Waals surface area (Å²) >= 11 is 5.71. The first-order valence-corrected chi connectivity index (χ1v) is 4.05. The van der Waals surface area contributed by atoms with Gasteiger partial charge in [0.1, 0.15) is 0 Å². The van der Waals surface area contributed by atoms with Gasteiger partial charge in [0.15, 0.2) is 0 Å². The van der Waals surface area contributed by atoms with E-state index in [9.17, 15) is 0 Å². The Bertz CT molecular complexity index is 298. The molecule has 1 aromatic carbocycles. The minimum atomic E-state index is 0.546. The smallest absolute Gasteiger partial charge is 0.0406 e.